The van der Waals surface area contributed by atoms with Crippen LogP contribution < -0.4 is 4.90 Å². The quantitative estimate of drug-likeness (QED) is 0.315. The van der Waals surface area contributed by atoms with Gasteiger partial charge in [0.15, 0.2) is 5.92 Å². The Bertz CT molecular complexity index is 1330. The fourth-order valence-corrected chi connectivity index (χ4v) is 4.61. The molecule has 172 valence electrons. The molecule has 1 aliphatic heterocycles. The van der Waals surface area contributed by atoms with Crippen molar-refractivity contribution in [2.24, 2.45) is 5.92 Å². The molecule has 0 N–H and O–H groups in total. The highest BCUT2D eigenvalue weighted by atomic mass is 19.1. The third-order valence-corrected chi connectivity index (χ3v) is 6.16. The van der Waals surface area contributed by atoms with Crippen LogP contribution in [0.15, 0.2) is 78.9 Å². The molecule has 0 saturated carbocycles. The third kappa shape index (κ3) is 3.83. The molecule has 2 unspecified atom stereocenters. The van der Waals surface area contributed by atoms with Crippen LogP contribution in [0, 0.1) is 11.7 Å². The molecule has 1 aromatic heterocycles. The van der Waals surface area contributed by atoms with Crippen LogP contribution >= 0.6 is 0 Å². The van der Waals surface area contributed by atoms with Crippen molar-refractivity contribution in [1.29, 1.82) is 0 Å². The molecule has 0 spiro atoms. The van der Waals surface area contributed by atoms with Gasteiger partial charge in [-0.15, -0.1) is 0 Å². The van der Waals surface area contributed by atoms with Crippen molar-refractivity contribution in [1.82, 2.24) is 9.55 Å². The number of hydrogen-bond acceptors (Lipinski definition) is 4. The molecular formula is C27H24FN3O3. The number of esters is 1. The second kappa shape index (κ2) is 9.09. The number of hydrogen-bond donors (Lipinski definition) is 0. The van der Waals surface area contributed by atoms with Crippen LogP contribution in [0.25, 0.3) is 11.0 Å². The molecule has 1 aliphatic rings. The molecule has 0 fully saturated rings. The minimum Gasteiger partial charge on any atom is -0.465 e. The van der Waals surface area contributed by atoms with E-state index in [1.807, 2.05) is 59.2 Å². The summed E-state index contributed by atoms with van der Waals surface area (Å²) in [6, 6.07) is 22.6. The van der Waals surface area contributed by atoms with Gasteiger partial charge in [-0.1, -0.05) is 54.6 Å². The van der Waals surface area contributed by atoms with Gasteiger partial charge in [0, 0.05) is 6.54 Å². The first-order valence-corrected chi connectivity index (χ1v) is 11.3. The van der Waals surface area contributed by atoms with Gasteiger partial charge in [-0.2, -0.15) is 0 Å². The standard InChI is InChI=1S/C27H24FN3O3/c1-2-34-26(33)23-24(19-12-14-20(28)15-13-19)31-22-11-7-6-10-21(22)29-27(31)30(25(23)32)17-16-18-8-4-3-5-9-18/h3-15,23-24H,2,16-17H2,1H3. The number of rotatable bonds is 6. The smallest absolute Gasteiger partial charge is 0.321 e. The number of anilines is 1. The first-order valence-electron chi connectivity index (χ1n) is 11.3. The van der Waals surface area contributed by atoms with Gasteiger partial charge in [0.25, 0.3) is 0 Å². The number of aromatic nitrogens is 2. The van der Waals surface area contributed by atoms with Gasteiger partial charge in [0.05, 0.1) is 23.7 Å². The fraction of sp³-hybridized carbons (Fsp3) is 0.222. The van der Waals surface area contributed by atoms with E-state index in [1.165, 1.54) is 12.1 Å². The summed E-state index contributed by atoms with van der Waals surface area (Å²) in [6.07, 6.45) is 0.604. The molecule has 0 aliphatic carbocycles. The first-order chi connectivity index (χ1) is 16.6. The van der Waals surface area contributed by atoms with Crippen LogP contribution in [-0.2, 0) is 20.7 Å². The lowest BCUT2D eigenvalue weighted by molar-refractivity contribution is -0.153. The Balaban J connectivity index is 1.68. The lowest BCUT2D eigenvalue weighted by atomic mass is 9.89. The summed E-state index contributed by atoms with van der Waals surface area (Å²) < 4.78 is 21.0. The molecule has 1 amide bonds. The van der Waals surface area contributed by atoms with E-state index in [4.69, 9.17) is 9.72 Å². The van der Waals surface area contributed by atoms with E-state index >= 15 is 0 Å². The van der Waals surface area contributed by atoms with Gasteiger partial charge < -0.3 is 9.30 Å². The van der Waals surface area contributed by atoms with Crippen LogP contribution in [0.4, 0.5) is 10.3 Å². The molecule has 7 heteroatoms. The van der Waals surface area contributed by atoms with Crippen molar-refractivity contribution >= 4 is 28.9 Å². The highest BCUT2D eigenvalue weighted by Crippen LogP contribution is 2.41. The monoisotopic (exact) mass is 457 g/mol. The van der Waals surface area contributed by atoms with Crippen LogP contribution in [0.2, 0.25) is 0 Å². The Morgan fingerprint density at radius 2 is 1.71 bits per heavy atom. The minimum atomic E-state index is -1.12. The summed E-state index contributed by atoms with van der Waals surface area (Å²) in [4.78, 5) is 33.4. The van der Waals surface area contributed by atoms with Gasteiger partial charge >= 0.3 is 5.97 Å². The number of benzene rings is 3. The second-order valence-corrected chi connectivity index (χ2v) is 8.22. The average Bonchev–Trinajstić information content (AvgIpc) is 3.23. The van der Waals surface area contributed by atoms with Crippen molar-refractivity contribution in [3.63, 3.8) is 0 Å². The van der Waals surface area contributed by atoms with E-state index in [-0.39, 0.29) is 12.5 Å². The molecular weight excluding hydrogens is 433 g/mol. The van der Waals surface area contributed by atoms with Crippen molar-refractivity contribution in [2.75, 3.05) is 18.1 Å². The van der Waals surface area contributed by atoms with Crippen LogP contribution in [0.3, 0.4) is 0 Å². The van der Waals surface area contributed by atoms with Crippen molar-refractivity contribution in [2.45, 2.75) is 19.4 Å². The molecule has 3 aromatic carbocycles. The SMILES string of the molecule is CCOC(=O)C1C(=O)N(CCc2ccccc2)c2nc3ccccc3n2C1c1ccc(F)cc1. The lowest BCUT2D eigenvalue weighted by Crippen LogP contribution is -2.50. The molecule has 6 nitrogen and oxygen atoms in total. The fourth-order valence-electron chi connectivity index (χ4n) is 4.61. The van der Waals surface area contributed by atoms with E-state index < -0.39 is 23.7 Å². The van der Waals surface area contributed by atoms with Crippen LogP contribution in [-0.4, -0.2) is 34.6 Å². The topological polar surface area (TPSA) is 64.4 Å². The molecule has 0 bridgehead atoms. The van der Waals surface area contributed by atoms with Gasteiger partial charge in [0.2, 0.25) is 11.9 Å². The largest absolute Gasteiger partial charge is 0.465 e. The molecule has 2 atom stereocenters. The summed E-state index contributed by atoms with van der Waals surface area (Å²) in [5, 5.41) is 0. The Hall–Kier alpha value is -4.00. The summed E-state index contributed by atoms with van der Waals surface area (Å²) >= 11 is 0. The Labute approximate surface area is 196 Å². The number of carbonyl (C=O) groups is 2. The van der Waals surface area contributed by atoms with E-state index in [0.717, 1.165) is 11.1 Å². The maximum atomic E-state index is 13.9. The highest BCUT2D eigenvalue weighted by molar-refractivity contribution is 6.08. The van der Waals surface area contributed by atoms with Crippen LogP contribution in [0.5, 0.6) is 0 Å². The summed E-state index contributed by atoms with van der Waals surface area (Å²) in [5.41, 5.74) is 3.22. The van der Waals surface area contributed by atoms with Gasteiger partial charge in [-0.25, -0.2) is 9.37 Å². The number of fused-ring (bicyclic) bond motifs is 3. The zero-order valence-corrected chi connectivity index (χ0v) is 18.7. The molecule has 4 aromatic rings. The van der Waals surface area contributed by atoms with Crippen molar-refractivity contribution in [3.8, 4) is 0 Å². The summed E-state index contributed by atoms with van der Waals surface area (Å²) in [6.45, 7) is 2.22. The van der Waals surface area contributed by atoms with E-state index in [9.17, 15) is 14.0 Å². The minimum absolute atomic E-state index is 0.153. The number of ether oxygens (including phenoxy) is 1. The lowest BCUT2D eigenvalue weighted by Gasteiger charge is -2.38. The maximum Gasteiger partial charge on any atom is 0.321 e. The number of imidazole rings is 1. The predicted molar refractivity (Wildman–Crippen MR) is 127 cm³/mol. The molecule has 34 heavy (non-hydrogen) atoms. The van der Waals surface area contributed by atoms with E-state index in [0.29, 0.717) is 30.0 Å². The Morgan fingerprint density at radius 3 is 2.44 bits per heavy atom. The number of carbonyl (C=O) groups excluding carboxylic acids is 2. The zero-order chi connectivity index (χ0) is 23.7. The van der Waals surface area contributed by atoms with Gasteiger partial charge in [0.1, 0.15) is 5.82 Å². The normalized spacial score (nSPS) is 17.6. The average molecular weight is 458 g/mol. The Morgan fingerprint density at radius 1 is 1.00 bits per heavy atom. The molecule has 5 rings (SSSR count). The maximum absolute atomic E-state index is 13.9. The highest BCUT2D eigenvalue weighted by Gasteiger charge is 2.47. The number of para-hydroxylation sites is 2. The second-order valence-electron chi connectivity index (χ2n) is 8.22. The van der Waals surface area contributed by atoms with Crippen molar-refractivity contribution < 1.29 is 18.7 Å². The molecule has 2 heterocycles. The van der Waals surface area contributed by atoms with Crippen LogP contribution in [0.1, 0.15) is 24.1 Å². The number of amides is 1. The van der Waals surface area contributed by atoms with E-state index in [1.54, 1.807) is 24.0 Å². The number of halogens is 1. The molecule has 0 radical (unpaired) electrons. The third-order valence-electron chi connectivity index (χ3n) is 6.16. The first kappa shape index (κ1) is 21.8. The van der Waals surface area contributed by atoms with Crippen molar-refractivity contribution in [3.05, 3.63) is 95.8 Å². The number of nitrogens with zero attached hydrogens (tertiary/aromatic N) is 3. The van der Waals surface area contributed by atoms with Gasteiger partial charge in [-0.05, 0) is 48.7 Å². The zero-order valence-electron chi connectivity index (χ0n) is 18.7. The summed E-state index contributed by atoms with van der Waals surface area (Å²) in [5.74, 6) is -2.01. The Kier molecular flexibility index (Phi) is 5.84. The van der Waals surface area contributed by atoms with E-state index in [2.05, 4.69) is 0 Å². The summed E-state index contributed by atoms with van der Waals surface area (Å²) in [7, 11) is 0. The van der Waals surface area contributed by atoms with Gasteiger partial charge in [-0.3, -0.25) is 14.5 Å². The predicted octanol–water partition coefficient (Wildman–Crippen LogP) is 4.53. The molecule has 0 saturated heterocycles.